The van der Waals surface area contributed by atoms with Crippen LogP contribution in [0.15, 0.2) is 0 Å². The van der Waals surface area contributed by atoms with E-state index in [1.807, 2.05) is 13.8 Å². The number of unbranched alkanes of at least 4 members (excludes halogenated alkanes) is 7. The first-order chi connectivity index (χ1) is 11.9. The Hall–Kier alpha value is -0.610. The van der Waals surface area contributed by atoms with Crippen molar-refractivity contribution in [3.05, 3.63) is 0 Å². The molecule has 25 heavy (non-hydrogen) atoms. The molecule has 148 valence electrons. The summed E-state index contributed by atoms with van der Waals surface area (Å²) in [5, 5.41) is 0. The van der Waals surface area contributed by atoms with Crippen LogP contribution in [0.5, 0.6) is 0 Å². The molecule has 0 spiro atoms. The van der Waals surface area contributed by atoms with Gasteiger partial charge in [-0.25, -0.2) is 0 Å². The van der Waals surface area contributed by atoms with Gasteiger partial charge in [0.15, 0.2) is 5.79 Å². The van der Waals surface area contributed by atoms with Crippen LogP contribution in [0.25, 0.3) is 0 Å². The normalized spacial score (nSPS) is 20.6. The van der Waals surface area contributed by atoms with Gasteiger partial charge in [0, 0.05) is 6.42 Å². The SMILES string of the molecule is CCC(C)CCCCCCCCCCC(=O)OCC1COC(C)(C)O1. The van der Waals surface area contributed by atoms with Gasteiger partial charge in [-0.15, -0.1) is 0 Å². The molecule has 1 rings (SSSR count). The maximum absolute atomic E-state index is 11.7. The Kier molecular flexibility index (Phi) is 11.4. The lowest BCUT2D eigenvalue weighted by molar-refractivity contribution is -0.158. The number of rotatable bonds is 14. The standard InChI is InChI=1S/C21H40O4/c1-5-18(2)14-12-10-8-6-7-9-11-13-15-20(22)23-16-19-17-24-21(3,4)25-19/h18-19H,5-17H2,1-4H3. The van der Waals surface area contributed by atoms with Gasteiger partial charge in [0.2, 0.25) is 0 Å². The molecular formula is C21H40O4. The van der Waals surface area contributed by atoms with E-state index in [1.165, 1.54) is 51.4 Å². The highest BCUT2D eigenvalue weighted by Crippen LogP contribution is 2.22. The van der Waals surface area contributed by atoms with Crippen LogP contribution < -0.4 is 0 Å². The molecule has 4 heteroatoms. The van der Waals surface area contributed by atoms with Crippen LogP contribution in [-0.4, -0.2) is 31.1 Å². The summed E-state index contributed by atoms with van der Waals surface area (Å²) >= 11 is 0. The highest BCUT2D eigenvalue weighted by Gasteiger charge is 2.33. The lowest BCUT2D eigenvalue weighted by Gasteiger charge is -2.16. The number of hydrogen-bond donors (Lipinski definition) is 0. The summed E-state index contributed by atoms with van der Waals surface area (Å²) < 4.78 is 16.3. The minimum atomic E-state index is -0.550. The molecule has 1 aliphatic heterocycles. The fourth-order valence-corrected chi connectivity index (χ4v) is 3.13. The molecule has 0 radical (unpaired) electrons. The van der Waals surface area contributed by atoms with Gasteiger partial charge in [0.25, 0.3) is 0 Å². The van der Waals surface area contributed by atoms with E-state index in [4.69, 9.17) is 14.2 Å². The quantitative estimate of drug-likeness (QED) is 0.299. The van der Waals surface area contributed by atoms with Crippen molar-refractivity contribution in [1.29, 1.82) is 0 Å². The van der Waals surface area contributed by atoms with Crippen molar-refractivity contribution in [2.75, 3.05) is 13.2 Å². The highest BCUT2D eigenvalue weighted by atomic mass is 16.7. The third-order valence-corrected chi connectivity index (χ3v) is 5.02. The van der Waals surface area contributed by atoms with E-state index in [0.29, 0.717) is 19.6 Å². The summed E-state index contributed by atoms with van der Waals surface area (Å²) in [5.74, 6) is 0.225. The monoisotopic (exact) mass is 356 g/mol. The number of esters is 1. The lowest BCUT2D eigenvalue weighted by atomic mass is 9.99. The maximum Gasteiger partial charge on any atom is 0.305 e. The summed E-state index contributed by atoms with van der Waals surface area (Å²) in [6, 6.07) is 0. The van der Waals surface area contributed by atoms with Gasteiger partial charge in [-0.1, -0.05) is 71.6 Å². The third kappa shape index (κ3) is 11.6. The molecule has 0 aliphatic carbocycles. The summed E-state index contributed by atoms with van der Waals surface area (Å²) in [6.45, 7) is 9.18. The molecule has 1 aliphatic rings. The number of ether oxygens (including phenoxy) is 3. The largest absolute Gasteiger partial charge is 0.463 e. The van der Waals surface area contributed by atoms with E-state index in [-0.39, 0.29) is 12.1 Å². The van der Waals surface area contributed by atoms with Crippen molar-refractivity contribution in [1.82, 2.24) is 0 Å². The minimum absolute atomic E-state index is 0.113. The zero-order valence-corrected chi connectivity index (χ0v) is 17.0. The Morgan fingerprint density at radius 2 is 1.68 bits per heavy atom. The van der Waals surface area contributed by atoms with Crippen LogP contribution in [0.3, 0.4) is 0 Å². The zero-order chi connectivity index (χ0) is 18.5. The average Bonchev–Trinajstić information content (AvgIpc) is 2.93. The van der Waals surface area contributed by atoms with Gasteiger partial charge >= 0.3 is 5.97 Å². The van der Waals surface area contributed by atoms with Gasteiger partial charge in [0.05, 0.1) is 6.61 Å². The van der Waals surface area contributed by atoms with E-state index in [0.717, 1.165) is 18.8 Å². The van der Waals surface area contributed by atoms with Gasteiger partial charge in [-0.2, -0.15) is 0 Å². The van der Waals surface area contributed by atoms with Crippen molar-refractivity contribution in [2.45, 2.75) is 110 Å². The van der Waals surface area contributed by atoms with Gasteiger partial charge < -0.3 is 14.2 Å². The molecule has 2 unspecified atom stereocenters. The van der Waals surface area contributed by atoms with E-state index < -0.39 is 5.79 Å². The Labute approximate surface area is 155 Å². The number of hydrogen-bond acceptors (Lipinski definition) is 4. The zero-order valence-electron chi connectivity index (χ0n) is 17.0. The fourth-order valence-electron chi connectivity index (χ4n) is 3.13. The summed E-state index contributed by atoms with van der Waals surface area (Å²) in [6.07, 6.45) is 13.1. The van der Waals surface area contributed by atoms with Crippen molar-refractivity contribution in [3.63, 3.8) is 0 Å². The molecule has 4 nitrogen and oxygen atoms in total. The molecule has 0 N–H and O–H groups in total. The first-order valence-electron chi connectivity index (χ1n) is 10.4. The molecule has 1 heterocycles. The van der Waals surface area contributed by atoms with Crippen LogP contribution in [0.2, 0.25) is 0 Å². The van der Waals surface area contributed by atoms with Crippen molar-refractivity contribution in [3.8, 4) is 0 Å². The van der Waals surface area contributed by atoms with Gasteiger partial charge in [0.1, 0.15) is 12.7 Å². The Bertz CT molecular complexity index is 354. The molecular weight excluding hydrogens is 316 g/mol. The second-order valence-electron chi connectivity index (χ2n) is 8.01. The van der Waals surface area contributed by atoms with Gasteiger partial charge in [-0.3, -0.25) is 4.79 Å². The second kappa shape index (κ2) is 12.7. The Morgan fingerprint density at radius 3 is 2.24 bits per heavy atom. The fraction of sp³-hybridized carbons (Fsp3) is 0.952. The maximum atomic E-state index is 11.7. The molecule has 0 aromatic heterocycles. The van der Waals surface area contributed by atoms with Crippen LogP contribution in [0.4, 0.5) is 0 Å². The van der Waals surface area contributed by atoms with Crippen LogP contribution in [0, 0.1) is 5.92 Å². The average molecular weight is 357 g/mol. The molecule has 1 fully saturated rings. The predicted octanol–water partition coefficient (Wildman–Crippen LogP) is 5.63. The van der Waals surface area contributed by atoms with Gasteiger partial charge in [-0.05, 0) is 26.2 Å². The summed E-state index contributed by atoms with van der Waals surface area (Å²) in [4.78, 5) is 11.7. The minimum Gasteiger partial charge on any atom is -0.463 e. The van der Waals surface area contributed by atoms with E-state index in [9.17, 15) is 4.79 Å². The van der Waals surface area contributed by atoms with Crippen molar-refractivity contribution >= 4 is 5.97 Å². The topological polar surface area (TPSA) is 44.8 Å². The Balaban J connectivity index is 1.84. The predicted molar refractivity (Wildman–Crippen MR) is 101 cm³/mol. The van der Waals surface area contributed by atoms with E-state index in [1.54, 1.807) is 0 Å². The number of carbonyl (C=O) groups excluding carboxylic acids is 1. The van der Waals surface area contributed by atoms with Crippen molar-refractivity contribution in [2.24, 2.45) is 5.92 Å². The van der Waals surface area contributed by atoms with Crippen molar-refractivity contribution < 1.29 is 19.0 Å². The van der Waals surface area contributed by atoms with Crippen LogP contribution in [-0.2, 0) is 19.0 Å². The molecule has 0 aromatic carbocycles. The van der Waals surface area contributed by atoms with E-state index in [2.05, 4.69) is 13.8 Å². The van der Waals surface area contributed by atoms with E-state index >= 15 is 0 Å². The highest BCUT2D eigenvalue weighted by molar-refractivity contribution is 5.69. The smallest absolute Gasteiger partial charge is 0.305 e. The lowest BCUT2D eigenvalue weighted by Crippen LogP contribution is -2.25. The third-order valence-electron chi connectivity index (χ3n) is 5.02. The first-order valence-corrected chi connectivity index (χ1v) is 10.4. The molecule has 0 aromatic rings. The molecule has 0 amide bonds. The molecule has 1 saturated heterocycles. The number of carbonyl (C=O) groups is 1. The van der Waals surface area contributed by atoms with Crippen LogP contribution >= 0.6 is 0 Å². The molecule has 0 saturated carbocycles. The molecule has 2 atom stereocenters. The Morgan fingerprint density at radius 1 is 1.08 bits per heavy atom. The second-order valence-corrected chi connectivity index (χ2v) is 8.01. The van der Waals surface area contributed by atoms with Crippen LogP contribution in [0.1, 0.15) is 98.3 Å². The summed E-state index contributed by atoms with van der Waals surface area (Å²) in [7, 11) is 0. The summed E-state index contributed by atoms with van der Waals surface area (Å²) in [5.41, 5.74) is 0. The molecule has 0 bridgehead atoms. The first kappa shape index (κ1) is 22.4.